The number of hydrogen-bond acceptors (Lipinski definition) is 5. The maximum atomic E-state index is 12.9. The van der Waals surface area contributed by atoms with Crippen LogP contribution in [0, 0.1) is 0 Å². The second kappa shape index (κ2) is 9.36. The molecule has 11 heteroatoms. The first kappa shape index (κ1) is 24.2. The van der Waals surface area contributed by atoms with Gasteiger partial charge in [0.15, 0.2) is 0 Å². The summed E-state index contributed by atoms with van der Waals surface area (Å²) in [6.07, 6.45) is 6.34. The number of urea groups is 1. The monoisotopic (exact) mass is 489 g/mol. The van der Waals surface area contributed by atoms with E-state index in [0.717, 1.165) is 43.5 Å². The minimum absolute atomic E-state index is 0.0389. The summed E-state index contributed by atoms with van der Waals surface area (Å²) in [6, 6.07) is 4.22. The zero-order valence-corrected chi connectivity index (χ0v) is 20.4. The van der Waals surface area contributed by atoms with Crippen molar-refractivity contribution in [3.05, 3.63) is 24.3 Å². The van der Waals surface area contributed by atoms with Gasteiger partial charge in [0.05, 0.1) is 4.90 Å². The smallest absolute Gasteiger partial charge is 0.325 e. The number of likely N-dealkylation sites (tertiary alicyclic amines) is 1. The summed E-state index contributed by atoms with van der Waals surface area (Å²) < 4.78 is 29.9. The summed E-state index contributed by atoms with van der Waals surface area (Å²) in [5.41, 5.74) is -0.654. The third-order valence-corrected chi connectivity index (χ3v) is 8.18. The molecular weight excluding hydrogens is 458 g/mol. The molecule has 1 aliphatic carbocycles. The Morgan fingerprint density at radius 3 is 2.62 bits per heavy atom. The molecule has 2 heterocycles. The first-order valence-corrected chi connectivity index (χ1v) is 13.2. The maximum absolute atomic E-state index is 12.9. The fraction of sp³-hybridized carbons (Fsp3) is 0.565. The number of carbonyl (C=O) groups is 3. The van der Waals surface area contributed by atoms with Gasteiger partial charge in [0.1, 0.15) is 17.4 Å². The summed E-state index contributed by atoms with van der Waals surface area (Å²) in [4.78, 5) is 41.1. The minimum Gasteiger partial charge on any atom is -0.362 e. The zero-order valence-electron chi connectivity index (χ0n) is 19.5. The van der Waals surface area contributed by atoms with Crippen LogP contribution in [0.5, 0.6) is 0 Å². The van der Waals surface area contributed by atoms with E-state index in [1.807, 2.05) is 11.9 Å². The summed E-state index contributed by atoms with van der Waals surface area (Å²) in [6.45, 7) is 2.24. The van der Waals surface area contributed by atoms with Gasteiger partial charge in [-0.3, -0.25) is 9.59 Å². The maximum Gasteiger partial charge on any atom is 0.325 e. The number of hydrogen-bond donors (Lipinski definition) is 2. The molecule has 34 heavy (non-hydrogen) atoms. The van der Waals surface area contributed by atoms with E-state index in [1.54, 1.807) is 6.07 Å². The number of nitrogens with zero attached hydrogens (tertiary/aromatic N) is 3. The molecule has 0 aromatic heterocycles. The van der Waals surface area contributed by atoms with Crippen molar-refractivity contribution >= 4 is 39.4 Å². The number of rotatable bonds is 5. The molecule has 1 aromatic rings. The van der Waals surface area contributed by atoms with E-state index in [-0.39, 0.29) is 16.5 Å². The Bertz CT molecular complexity index is 1130. The molecule has 0 radical (unpaired) electrons. The highest BCUT2D eigenvalue weighted by atomic mass is 32.2. The Morgan fingerprint density at radius 2 is 1.88 bits per heavy atom. The van der Waals surface area contributed by atoms with Crippen LogP contribution in [0.1, 0.15) is 58.3 Å². The first-order chi connectivity index (χ1) is 16.1. The highest BCUT2D eigenvalue weighted by Gasteiger charge is 2.54. The van der Waals surface area contributed by atoms with Crippen molar-refractivity contribution in [1.29, 1.82) is 0 Å². The van der Waals surface area contributed by atoms with Crippen molar-refractivity contribution in [3.8, 4) is 0 Å². The van der Waals surface area contributed by atoms with Gasteiger partial charge < -0.3 is 15.5 Å². The summed E-state index contributed by atoms with van der Waals surface area (Å²) in [5, 5.41) is 5.40. The standard InChI is InChI=1S/C23H31N5O5S/c1-16(28-21(30)23(25-22(28)31)12-5-6-13-23)20(29)24-17-9-8-10-18(15-17)34(32,33)26-19-11-4-3-7-14-27(19)2/h8-10,15-16H,3-7,11-14H2,1-2H3,(H,24,29)(H,25,31)/b26-19-. The molecule has 10 nitrogen and oxygen atoms in total. The van der Waals surface area contributed by atoms with Crippen molar-refractivity contribution in [2.45, 2.75) is 74.8 Å². The average molecular weight is 490 g/mol. The van der Waals surface area contributed by atoms with E-state index in [9.17, 15) is 22.8 Å². The van der Waals surface area contributed by atoms with E-state index in [1.165, 1.54) is 25.1 Å². The fourth-order valence-electron chi connectivity index (χ4n) is 4.84. The normalized spacial score (nSPS) is 22.7. The topological polar surface area (TPSA) is 128 Å². The highest BCUT2D eigenvalue weighted by Crippen LogP contribution is 2.36. The number of benzene rings is 1. The molecule has 2 aliphatic heterocycles. The quantitative estimate of drug-likeness (QED) is 0.612. The Kier molecular flexibility index (Phi) is 6.66. The summed E-state index contributed by atoms with van der Waals surface area (Å²) in [5.74, 6) is -0.430. The highest BCUT2D eigenvalue weighted by molar-refractivity contribution is 7.90. The molecule has 1 atom stereocenters. The lowest BCUT2D eigenvalue weighted by Gasteiger charge is -2.23. The van der Waals surface area contributed by atoms with E-state index >= 15 is 0 Å². The van der Waals surface area contributed by atoms with E-state index in [0.29, 0.717) is 25.1 Å². The van der Waals surface area contributed by atoms with Crippen LogP contribution >= 0.6 is 0 Å². The Hall–Kier alpha value is -2.95. The molecule has 3 aliphatic rings. The van der Waals surface area contributed by atoms with Gasteiger partial charge in [-0.05, 0) is 50.8 Å². The van der Waals surface area contributed by atoms with Crippen LogP contribution in [0.4, 0.5) is 10.5 Å². The van der Waals surface area contributed by atoms with Crippen LogP contribution < -0.4 is 10.6 Å². The summed E-state index contributed by atoms with van der Waals surface area (Å²) in [7, 11) is -2.13. The van der Waals surface area contributed by atoms with Gasteiger partial charge >= 0.3 is 6.03 Å². The first-order valence-electron chi connectivity index (χ1n) is 11.7. The largest absolute Gasteiger partial charge is 0.362 e. The van der Waals surface area contributed by atoms with Crippen LogP contribution in [0.25, 0.3) is 0 Å². The Balaban J connectivity index is 1.49. The molecule has 2 N–H and O–H groups in total. The molecule has 184 valence electrons. The minimum atomic E-state index is -3.97. The lowest BCUT2D eigenvalue weighted by molar-refractivity contribution is -0.136. The molecule has 0 bridgehead atoms. The molecule has 2 saturated heterocycles. The second-order valence-corrected chi connectivity index (χ2v) is 10.9. The lowest BCUT2D eigenvalue weighted by atomic mass is 9.97. The lowest BCUT2D eigenvalue weighted by Crippen LogP contribution is -2.48. The molecule has 4 rings (SSSR count). The number of nitrogens with one attached hydrogen (secondary N) is 2. The Morgan fingerprint density at radius 1 is 1.15 bits per heavy atom. The van der Waals surface area contributed by atoms with Gasteiger partial charge in [0, 0.05) is 25.7 Å². The second-order valence-electron chi connectivity index (χ2n) is 9.30. The molecule has 1 aromatic carbocycles. The number of amides is 4. The van der Waals surface area contributed by atoms with Gasteiger partial charge in [-0.2, -0.15) is 8.42 Å². The van der Waals surface area contributed by atoms with Crippen molar-refractivity contribution in [2.75, 3.05) is 18.9 Å². The number of imide groups is 1. The van der Waals surface area contributed by atoms with Gasteiger partial charge in [0.2, 0.25) is 5.91 Å². The fourth-order valence-corrected chi connectivity index (χ4v) is 5.98. The number of sulfonamides is 1. The van der Waals surface area contributed by atoms with Crippen LogP contribution in [-0.2, 0) is 19.6 Å². The molecule has 1 saturated carbocycles. The summed E-state index contributed by atoms with van der Waals surface area (Å²) >= 11 is 0. The predicted octanol–water partition coefficient (Wildman–Crippen LogP) is 2.47. The van der Waals surface area contributed by atoms with Crippen LogP contribution in [-0.4, -0.2) is 67.1 Å². The predicted molar refractivity (Wildman–Crippen MR) is 127 cm³/mol. The zero-order chi connectivity index (χ0) is 24.5. The van der Waals surface area contributed by atoms with Gasteiger partial charge in [-0.25, -0.2) is 9.69 Å². The number of amidine groups is 1. The molecule has 3 fully saturated rings. The SMILES string of the molecule is CC(C(=O)Nc1cccc(S(=O)(=O)/N=C2/CCCCCN2C)c1)N1C(=O)NC2(CCCC2)C1=O. The molecule has 1 unspecified atom stereocenters. The van der Waals surface area contributed by atoms with E-state index in [4.69, 9.17) is 0 Å². The van der Waals surface area contributed by atoms with E-state index in [2.05, 4.69) is 15.0 Å². The van der Waals surface area contributed by atoms with E-state index < -0.39 is 33.5 Å². The molecular formula is C23H31N5O5S. The van der Waals surface area contributed by atoms with Crippen molar-refractivity contribution in [3.63, 3.8) is 0 Å². The molecule has 4 amide bonds. The Labute approximate surface area is 199 Å². The van der Waals surface area contributed by atoms with Crippen molar-refractivity contribution in [1.82, 2.24) is 15.1 Å². The molecule has 1 spiro atoms. The third-order valence-electron chi connectivity index (χ3n) is 6.88. The van der Waals surface area contributed by atoms with Crippen molar-refractivity contribution < 1.29 is 22.8 Å². The van der Waals surface area contributed by atoms with Crippen LogP contribution in [0.3, 0.4) is 0 Å². The van der Waals surface area contributed by atoms with Gasteiger partial charge in [0.25, 0.3) is 15.9 Å². The average Bonchev–Trinajstić information content (AvgIpc) is 3.29. The third kappa shape index (κ3) is 4.66. The number of carbonyl (C=O) groups excluding carboxylic acids is 3. The van der Waals surface area contributed by atoms with Gasteiger partial charge in [-0.1, -0.05) is 25.3 Å². The van der Waals surface area contributed by atoms with Crippen molar-refractivity contribution in [2.24, 2.45) is 4.40 Å². The van der Waals surface area contributed by atoms with Gasteiger partial charge in [-0.15, -0.1) is 4.40 Å². The van der Waals surface area contributed by atoms with Crippen LogP contribution in [0.2, 0.25) is 0 Å². The van der Waals surface area contributed by atoms with Crippen LogP contribution in [0.15, 0.2) is 33.6 Å². The number of anilines is 1.